The smallest absolute Gasteiger partial charge is 0.249 e. The number of hydrogen-bond acceptors (Lipinski definition) is 8. The largest absolute Gasteiger partial charge is 0.483 e. The molecule has 0 N–H and O–H groups in total. The fourth-order valence-electron chi connectivity index (χ4n) is 2.73. The quantitative estimate of drug-likeness (QED) is 0.397. The van der Waals surface area contributed by atoms with Gasteiger partial charge in [0, 0.05) is 11.2 Å². The lowest BCUT2D eigenvalue weighted by molar-refractivity contribution is 0.102. The molecule has 3 aromatic rings. The van der Waals surface area contributed by atoms with E-state index in [2.05, 4.69) is 15.0 Å². The van der Waals surface area contributed by atoms with Crippen molar-refractivity contribution in [1.82, 2.24) is 15.0 Å². The number of methoxy groups -OCH3 is 2. The molecule has 30 heavy (non-hydrogen) atoms. The van der Waals surface area contributed by atoms with E-state index in [1.54, 1.807) is 18.2 Å². The Kier molecular flexibility index (Phi) is 6.91. The third-order valence-electron chi connectivity index (χ3n) is 4.10. The highest BCUT2D eigenvalue weighted by Gasteiger charge is 2.25. The minimum Gasteiger partial charge on any atom is -0.483 e. The molecule has 0 amide bonds. The van der Waals surface area contributed by atoms with Crippen LogP contribution in [0.25, 0.3) is 11.1 Å². The van der Waals surface area contributed by atoms with E-state index in [4.69, 9.17) is 38.0 Å². The number of rotatable bonds is 7. The fourth-order valence-corrected chi connectivity index (χ4v) is 3.18. The number of thiocarbonyl (C=S) groups is 1. The van der Waals surface area contributed by atoms with Crippen LogP contribution in [0, 0.1) is 0 Å². The van der Waals surface area contributed by atoms with Gasteiger partial charge in [-0.1, -0.05) is 23.7 Å². The predicted molar refractivity (Wildman–Crippen MR) is 117 cm³/mol. The maximum atomic E-state index is 13.3. The Bertz CT molecular complexity index is 1070. The van der Waals surface area contributed by atoms with E-state index in [-0.39, 0.29) is 28.3 Å². The summed E-state index contributed by atoms with van der Waals surface area (Å²) in [5.41, 5.74) is 1.93. The van der Waals surface area contributed by atoms with E-state index in [1.165, 1.54) is 26.5 Å². The summed E-state index contributed by atoms with van der Waals surface area (Å²) in [4.78, 5) is 25.8. The van der Waals surface area contributed by atoms with Crippen LogP contribution in [0.15, 0.2) is 42.6 Å². The van der Waals surface area contributed by atoms with Gasteiger partial charge < -0.3 is 14.2 Å². The lowest BCUT2D eigenvalue weighted by Crippen LogP contribution is -2.17. The van der Waals surface area contributed by atoms with Gasteiger partial charge in [-0.05, 0) is 48.5 Å². The number of ketones is 1. The van der Waals surface area contributed by atoms with E-state index in [0.29, 0.717) is 22.8 Å². The van der Waals surface area contributed by atoms with E-state index in [1.807, 2.05) is 19.1 Å². The minimum absolute atomic E-state index is 0.0659. The summed E-state index contributed by atoms with van der Waals surface area (Å²) in [6.45, 7) is 2.15. The number of aromatic nitrogens is 3. The summed E-state index contributed by atoms with van der Waals surface area (Å²) >= 11 is 11.5. The van der Waals surface area contributed by atoms with Gasteiger partial charge in [0.1, 0.15) is 5.69 Å². The summed E-state index contributed by atoms with van der Waals surface area (Å²) in [5.74, 6) is -0.298. The minimum atomic E-state index is -0.542. The zero-order chi connectivity index (χ0) is 21.7. The number of carbonyl (C=O) groups excluding carboxylic acids is 1. The van der Waals surface area contributed by atoms with Gasteiger partial charge in [0.15, 0.2) is 5.05 Å². The Morgan fingerprint density at radius 2 is 1.70 bits per heavy atom. The molecule has 0 unspecified atom stereocenters. The van der Waals surface area contributed by atoms with Crippen molar-refractivity contribution < 1.29 is 19.0 Å². The first-order valence-corrected chi connectivity index (χ1v) is 9.71. The van der Waals surface area contributed by atoms with Crippen molar-refractivity contribution in [3.63, 3.8) is 0 Å². The highest BCUT2D eigenvalue weighted by molar-refractivity contribution is 7.80. The van der Waals surface area contributed by atoms with Crippen LogP contribution in [0.2, 0.25) is 5.02 Å². The van der Waals surface area contributed by atoms with Crippen LogP contribution in [0.1, 0.15) is 28.8 Å². The van der Waals surface area contributed by atoms with Gasteiger partial charge in [0.05, 0.1) is 32.5 Å². The van der Waals surface area contributed by atoms with Crippen molar-refractivity contribution in [2.24, 2.45) is 0 Å². The third kappa shape index (κ3) is 4.55. The van der Waals surface area contributed by atoms with Gasteiger partial charge in [-0.15, -0.1) is 0 Å². The molecule has 9 heteroatoms. The molecule has 0 spiro atoms. The summed E-state index contributed by atoms with van der Waals surface area (Å²) < 4.78 is 15.8. The van der Waals surface area contributed by atoms with Crippen molar-refractivity contribution in [3.05, 3.63) is 64.7 Å². The third-order valence-corrected chi connectivity index (χ3v) is 4.68. The number of halogens is 1. The van der Waals surface area contributed by atoms with Crippen molar-refractivity contribution in [2.75, 3.05) is 20.8 Å². The normalized spacial score (nSPS) is 10.4. The SMILES string of the molecule is CCOC(=S)c1c(-c2ccc(Cl)cc2)ccnc1C(=O)c1nc(OC)cc(OC)n1. The Balaban J connectivity index is 2.19. The number of ether oxygens (including phenoxy) is 3. The van der Waals surface area contributed by atoms with Crippen molar-refractivity contribution in [1.29, 1.82) is 0 Å². The van der Waals surface area contributed by atoms with Crippen LogP contribution in [-0.4, -0.2) is 46.6 Å². The average Bonchev–Trinajstić information content (AvgIpc) is 2.78. The molecule has 0 aliphatic rings. The first-order chi connectivity index (χ1) is 14.5. The molecule has 7 nitrogen and oxygen atoms in total. The van der Waals surface area contributed by atoms with Crippen molar-refractivity contribution in [3.8, 4) is 22.9 Å². The van der Waals surface area contributed by atoms with E-state index < -0.39 is 5.78 Å². The Morgan fingerprint density at radius 1 is 1.07 bits per heavy atom. The molecule has 3 rings (SSSR count). The van der Waals surface area contributed by atoms with Crippen LogP contribution in [0.5, 0.6) is 11.8 Å². The Hall–Kier alpha value is -3.10. The number of hydrogen-bond donors (Lipinski definition) is 0. The molecular weight excluding hydrogens is 426 g/mol. The molecule has 0 radical (unpaired) electrons. The van der Waals surface area contributed by atoms with Crippen LogP contribution >= 0.6 is 23.8 Å². The fraction of sp³-hybridized carbons (Fsp3) is 0.190. The second-order valence-corrected chi connectivity index (χ2v) is 6.72. The monoisotopic (exact) mass is 443 g/mol. The lowest BCUT2D eigenvalue weighted by Gasteiger charge is -2.15. The van der Waals surface area contributed by atoms with E-state index >= 15 is 0 Å². The molecule has 0 fully saturated rings. The van der Waals surface area contributed by atoms with Gasteiger partial charge >= 0.3 is 0 Å². The number of carbonyl (C=O) groups is 1. The maximum Gasteiger partial charge on any atom is 0.249 e. The molecule has 0 saturated heterocycles. The van der Waals surface area contributed by atoms with Crippen LogP contribution in [0.3, 0.4) is 0 Å². The molecule has 0 aliphatic heterocycles. The molecule has 0 bridgehead atoms. The maximum absolute atomic E-state index is 13.3. The topological polar surface area (TPSA) is 83.4 Å². The molecule has 0 saturated carbocycles. The molecule has 2 heterocycles. The second-order valence-electron chi connectivity index (χ2n) is 5.91. The summed E-state index contributed by atoms with van der Waals surface area (Å²) in [6.07, 6.45) is 1.52. The summed E-state index contributed by atoms with van der Waals surface area (Å²) in [7, 11) is 2.87. The van der Waals surface area contributed by atoms with E-state index in [9.17, 15) is 4.79 Å². The molecule has 0 aliphatic carbocycles. The first kappa shape index (κ1) is 21.6. The van der Waals surface area contributed by atoms with Crippen LogP contribution < -0.4 is 9.47 Å². The number of pyridine rings is 1. The van der Waals surface area contributed by atoms with Crippen molar-refractivity contribution >= 4 is 34.7 Å². The average molecular weight is 444 g/mol. The summed E-state index contributed by atoms with van der Waals surface area (Å²) in [5, 5.41) is 0.740. The van der Waals surface area contributed by atoms with Gasteiger partial charge in [-0.2, -0.15) is 9.97 Å². The zero-order valence-corrected chi connectivity index (χ0v) is 18.1. The van der Waals surface area contributed by atoms with Gasteiger partial charge in [0.2, 0.25) is 23.4 Å². The molecule has 1 aromatic carbocycles. The predicted octanol–water partition coefficient (Wildman–Crippen LogP) is 4.15. The van der Waals surface area contributed by atoms with Crippen LogP contribution in [-0.2, 0) is 4.74 Å². The highest BCUT2D eigenvalue weighted by atomic mass is 35.5. The molecule has 0 atom stereocenters. The molecular formula is C21H18ClN3O4S. The zero-order valence-electron chi connectivity index (χ0n) is 16.5. The number of nitrogens with zero attached hydrogens (tertiary/aromatic N) is 3. The lowest BCUT2D eigenvalue weighted by atomic mass is 9.97. The van der Waals surface area contributed by atoms with Gasteiger partial charge in [-0.25, -0.2) is 0 Å². The first-order valence-electron chi connectivity index (χ1n) is 8.92. The Labute approximate surface area is 184 Å². The van der Waals surface area contributed by atoms with Gasteiger partial charge in [-0.3, -0.25) is 9.78 Å². The van der Waals surface area contributed by atoms with E-state index in [0.717, 1.165) is 5.56 Å². The standard InChI is InChI=1S/C21H18ClN3O4S/c1-4-29-21(30)17-14(12-5-7-13(22)8-6-12)9-10-23-18(17)19(26)20-24-15(27-2)11-16(25-20)28-3/h5-11H,4H2,1-3H3. The van der Waals surface area contributed by atoms with Gasteiger partial charge in [0.25, 0.3) is 0 Å². The van der Waals surface area contributed by atoms with Crippen LogP contribution in [0.4, 0.5) is 0 Å². The van der Waals surface area contributed by atoms with Crippen molar-refractivity contribution in [2.45, 2.75) is 6.92 Å². The molecule has 2 aromatic heterocycles. The Morgan fingerprint density at radius 3 is 2.27 bits per heavy atom. The second kappa shape index (κ2) is 9.60. The number of benzene rings is 1. The summed E-state index contributed by atoms with van der Waals surface area (Å²) in [6, 6.07) is 10.4. The molecule has 154 valence electrons. The highest BCUT2D eigenvalue weighted by Crippen LogP contribution is 2.29.